The van der Waals surface area contributed by atoms with Crippen molar-refractivity contribution in [2.45, 2.75) is 25.5 Å². The summed E-state index contributed by atoms with van der Waals surface area (Å²) in [5.41, 5.74) is 0. The maximum Gasteiger partial charge on any atom is 0.319 e. The summed E-state index contributed by atoms with van der Waals surface area (Å²) in [6.45, 7) is 3.59. The number of rotatable bonds is 7. The SMILES string of the molecule is CSCCCS(=O)C(C(=O)O)C(C)C. The van der Waals surface area contributed by atoms with E-state index in [-0.39, 0.29) is 5.92 Å². The number of hydrogen-bond acceptors (Lipinski definition) is 3. The average molecular weight is 238 g/mol. The summed E-state index contributed by atoms with van der Waals surface area (Å²) < 4.78 is 11.6. The number of carboxylic acids is 1. The van der Waals surface area contributed by atoms with Crippen LogP contribution in [-0.4, -0.2) is 38.3 Å². The van der Waals surface area contributed by atoms with Gasteiger partial charge >= 0.3 is 5.97 Å². The third kappa shape index (κ3) is 5.00. The molecule has 0 rings (SSSR count). The third-order valence-electron chi connectivity index (χ3n) is 1.83. The molecular weight excluding hydrogens is 220 g/mol. The Hall–Kier alpha value is -0.0300. The molecule has 3 nitrogen and oxygen atoms in total. The van der Waals surface area contributed by atoms with Crippen molar-refractivity contribution in [2.24, 2.45) is 5.92 Å². The maximum absolute atomic E-state index is 11.6. The Morgan fingerprint density at radius 3 is 2.43 bits per heavy atom. The summed E-state index contributed by atoms with van der Waals surface area (Å²) >= 11 is 1.69. The highest BCUT2D eigenvalue weighted by atomic mass is 32.2. The second-order valence-electron chi connectivity index (χ2n) is 3.43. The van der Waals surface area contributed by atoms with Crippen molar-refractivity contribution >= 4 is 28.5 Å². The van der Waals surface area contributed by atoms with Gasteiger partial charge in [0.15, 0.2) is 0 Å². The molecule has 0 amide bonds. The first-order valence-electron chi connectivity index (χ1n) is 4.59. The van der Waals surface area contributed by atoms with Gasteiger partial charge in [0.2, 0.25) is 0 Å². The standard InChI is InChI=1S/C9H18O3S2/c1-7(2)8(9(10)11)14(12)6-4-5-13-3/h7-8H,4-6H2,1-3H3,(H,10,11). The van der Waals surface area contributed by atoms with Crippen molar-refractivity contribution in [2.75, 3.05) is 17.8 Å². The number of carboxylic acid groups (broad SMARTS) is 1. The number of carbonyl (C=O) groups is 1. The summed E-state index contributed by atoms with van der Waals surface area (Å²) in [7, 11) is -1.23. The van der Waals surface area contributed by atoms with Gasteiger partial charge in [-0.15, -0.1) is 0 Å². The van der Waals surface area contributed by atoms with E-state index in [1.807, 2.05) is 6.26 Å². The monoisotopic (exact) mass is 238 g/mol. The summed E-state index contributed by atoms with van der Waals surface area (Å²) in [6.07, 6.45) is 2.81. The molecule has 0 saturated carbocycles. The average Bonchev–Trinajstić information content (AvgIpc) is 2.03. The fourth-order valence-electron chi connectivity index (χ4n) is 1.17. The minimum Gasteiger partial charge on any atom is -0.480 e. The summed E-state index contributed by atoms with van der Waals surface area (Å²) in [5, 5.41) is 8.16. The van der Waals surface area contributed by atoms with Crippen molar-refractivity contribution in [3.63, 3.8) is 0 Å². The highest BCUT2D eigenvalue weighted by Gasteiger charge is 2.27. The van der Waals surface area contributed by atoms with Crippen LogP contribution in [0.4, 0.5) is 0 Å². The lowest BCUT2D eigenvalue weighted by Gasteiger charge is -2.15. The maximum atomic E-state index is 11.6. The van der Waals surface area contributed by atoms with E-state index in [9.17, 15) is 9.00 Å². The minimum atomic E-state index is -1.23. The lowest BCUT2D eigenvalue weighted by molar-refractivity contribution is -0.137. The molecule has 0 bridgehead atoms. The number of thioether (sulfide) groups is 1. The van der Waals surface area contributed by atoms with Gasteiger partial charge in [-0.2, -0.15) is 11.8 Å². The van der Waals surface area contributed by atoms with Gasteiger partial charge in [-0.1, -0.05) is 13.8 Å². The second kappa shape index (κ2) is 7.29. The summed E-state index contributed by atoms with van der Waals surface area (Å²) in [6, 6.07) is 0. The van der Waals surface area contributed by atoms with Gasteiger partial charge in [-0.05, 0) is 24.3 Å². The van der Waals surface area contributed by atoms with Crippen LogP contribution < -0.4 is 0 Å². The molecule has 0 aliphatic rings. The summed E-state index contributed by atoms with van der Waals surface area (Å²) in [4.78, 5) is 10.8. The Kier molecular flexibility index (Phi) is 7.27. The Balaban J connectivity index is 4.10. The van der Waals surface area contributed by atoms with E-state index < -0.39 is 22.0 Å². The zero-order valence-corrected chi connectivity index (χ0v) is 10.5. The van der Waals surface area contributed by atoms with Crippen LogP contribution >= 0.6 is 11.8 Å². The van der Waals surface area contributed by atoms with Gasteiger partial charge in [-0.25, -0.2) is 0 Å². The molecule has 14 heavy (non-hydrogen) atoms. The molecule has 0 aliphatic heterocycles. The van der Waals surface area contributed by atoms with E-state index in [2.05, 4.69) is 0 Å². The molecule has 0 aliphatic carbocycles. The molecule has 5 heteroatoms. The molecule has 0 aromatic carbocycles. The quantitative estimate of drug-likeness (QED) is 0.684. The molecule has 0 heterocycles. The van der Waals surface area contributed by atoms with E-state index >= 15 is 0 Å². The second-order valence-corrected chi connectivity index (χ2v) is 6.10. The van der Waals surface area contributed by atoms with Gasteiger partial charge in [0.1, 0.15) is 5.25 Å². The molecule has 0 radical (unpaired) electrons. The van der Waals surface area contributed by atoms with Crippen LogP contribution in [-0.2, 0) is 15.6 Å². The highest BCUT2D eigenvalue weighted by molar-refractivity contribution is 7.98. The minimum absolute atomic E-state index is 0.0670. The number of hydrogen-bond donors (Lipinski definition) is 1. The molecule has 0 saturated heterocycles. The van der Waals surface area contributed by atoms with Gasteiger partial charge < -0.3 is 5.11 Å². The Morgan fingerprint density at radius 2 is 2.07 bits per heavy atom. The molecule has 2 atom stereocenters. The van der Waals surface area contributed by atoms with Crippen molar-refractivity contribution < 1.29 is 14.1 Å². The van der Waals surface area contributed by atoms with E-state index in [1.165, 1.54) is 0 Å². The predicted octanol–water partition coefficient (Wildman–Crippen LogP) is 1.60. The van der Waals surface area contributed by atoms with Crippen LogP contribution in [0.1, 0.15) is 20.3 Å². The lowest BCUT2D eigenvalue weighted by Crippen LogP contribution is -2.32. The lowest BCUT2D eigenvalue weighted by atomic mass is 10.1. The number of aliphatic carboxylic acids is 1. The fraction of sp³-hybridized carbons (Fsp3) is 0.889. The third-order valence-corrected chi connectivity index (χ3v) is 4.53. The molecule has 84 valence electrons. The molecule has 1 N–H and O–H groups in total. The van der Waals surface area contributed by atoms with Gasteiger partial charge in [0, 0.05) is 16.6 Å². The normalized spacial score (nSPS) is 15.4. The topological polar surface area (TPSA) is 54.4 Å². The van der Waals surface area contributed by atoms with Crippen molar-refractivity contribution in [1.82, 2.24) is 0 Å². The Labute approximate surface area is 92.1 Å². The first kappa shape index (κ1) is 14.0. The Bertz CT molecular complexity index is 204. The molecule has 2 unspecified atom stereocenters. The smallest absolute Gasteiger partial charge is 0.319 e. The molecule has 0 aromatic rings. The van der Waals surface area contributed by atoms with Gasteiger partial charge in [-0.3, -0.25) is 9.00 Å². The van der Waals surface area contributed by atoms with Crippen LogP contribution in [0.3, 0.4) is 0 Å². The van der Waals surface area contributed by atoms with Crippen molar-refractivity contribution in [3.8, 4) is 0 Å². The van der Waals surface area contributed by atoms with Gasteiger partial charge in [0.25, 0.3) is 0 Å². The first-order valence-corrected chi connectivity index (χ1v) is 7.37. The Morgan fingerprint density at radius 1 is 1.50 bits per heavy atom. The van der Waals surface area contributed by atoms with Crippen LogP contribution in [0, 0.1) is 5.92 Å². The fourth-order valence-corrected chi connectivity index (χ4v) is 3.30. The van der Waals surface area contributed by atoms with Crippen molar-refractivity contribution in [1.29, 1.82) is 0 Å². The van der Waals surface area contributed by atoms with Gasteiger partial charge in [0.05, 0.1) is 0 Å². The highest BCUT2D eigenvalue weighted by Crippen LogP contribution is 2.11. The molecular formula is C9H18O3S2. The largest absolute Gasteiger partial charge is 0.480 e. The van der Waals surface area contributed by atoms with Crippen LogP contribution in [0.15, 0.2) is 0 Å². The molecule has 0 aromatic heterocycles. The first-order chi connectivity index (χ1) is 6.50. The molecule has 0 spiro atoms. The van der Waals surface area contributed by atoms with E-state index in [1.54, 1.807) is 25.6 Å². The van der Waals surface area contributed by atoms with Crippen LogP contribution in [0.2, 0.25) is 0 Å². The van der Waals surface area contributed by atoms with E-state index in [0.717, 1.165) is 12.2 Å². The van der Waals surface area contributed by atoms with Crippen molar-refractivity contribution in [3.05, 3.63) is 0 Å². The van der Waals surface area contributed by atoms with E-state index in [0.29, 0.717) is 5.75 Å². The van der Waals surface area contributed by atoms with Crippen LogP contribution in [0.25, 0.3) is 0 Å². The summed E-state index contributed by atoms with van der Waals surface area (Å²) in [5.74, 6) is 0.427. The molecule has 0 fully saturated rings. The zero-order valence-electron chi connectivity index (χ0n) is 8.86. The predicted molar refractivity (Wildman–Crippen MR) is 62.3 cm³/mol. The van der Waals surface area contributed by atoms with Crippen LogP contribution in [0.5, 0.6) is 0 Å². The zero-order chi connectivity index (χ0) is 11.1. The van der Waals surface area contributed by atoms with E-state index in [4.69, 9.17) is 5.11 Å².